The van der Waals surface area contributed by atoms with Crippen molar-refractivity contribution in [3.63, 3.8) is 0 Å². The number of rotatable bonds is 4. The molecule has 7 nitrogen and oxygen atoms in total. The van der Waals surface area contributed by atoms with Gasteiger partial charge in [-0.2, -0.15) is 5.10 Å². The van der Waals surface area contributed by atoms with Crippen LogP contribution < -0.4 is 10.9 Å². The van der Waals surface area contributed by atoms with Gasteiger partial charge in [0, 0.05) is 28.7 Å². The molecule has 0 aliphatic rings. The van der Waals surface area contributed by atoms with Crippen molar-refractivity contribution in [3.8, 4) is 11.3 Å². The first-order chi connectivity index (χ1) is 13.8. The van der Waals surface area contributed by atoms with Gasteiger partial charge in [0.15, 0.2) is 0 Å². The van der Waals surface area contributed by atoms with E-state index in [1.54, 1.807) is 12.3 Å². The second kappa shape index (κ2) is 6.62. The topological polar surface area (TPSA) is 99.3 Å². The summed E-state index contributed by atoms with van der Waals surface area (Å²) in [6.07, 6.45) is 3.61. The highest BCUT2D eigenvalue weighted by molar-refractivity contribution is 6.02. The number of benzene rings is 1. The molecule has 5 aromatic rings. The molecule has 0 spiro atoms. The number of fused-ring (bicyclic) bond motifs is 2. The van der Waals surface area contributed by atoms with Gasteiger partial charge in [0.05, 0.1) is 23.3 Å². The Morgan fingerprint density at radius 3 is 2.68 bits per heavy atom. The fraction of sp³-hybridized carbons (Fsp3) is 0.0476. The van der Waals surface area contributed by atoms with Crippen LogP contribution in [0.4, 0.5) is 5.82 Å². The SMILES string of the molecule is O=c1[nH]nc(-c2cc(NCc3ccccn3)nc3[nH]ccc23)c2ccccc12. The summed E-state index contributed by atoms with van der Waals surface area (Å²) in [7, 11) is 0. The number of anilines is 1. The molecule has 28 heavy (non-hydrogen) atoms. The molecule has 0 atom stereocenters. The maximum Gasteiger partial charge on any atom is 0.272 e. The van der Waals surface area contributed by atoms with E-state index in [2.05, 4.69) is 30.5 Å². The highest BCUT2D eigenvalue weighted by Gasteiger charge is 2.14. The zero-order chi connectivity index (χ0) is 18.9. The van der Waals surface area contributed by atoms with Crippen molar-refractivity contribution in [3.05, 3.63) is 83.0 Å². The number of nitrogens with one attached hydrogen (secondary N) is 3. The van der Waals surface area contributed by atoms with E-state index in [0.29, 0.717) is 23.4 Å². The summed E-state index contributed by atoms with van der Waals surface area (Å²) in [5, 5.41) is 12.6. The molecule has 136 valence electrons. The van der Waals surface area contributed by atoms with Gasteiger partial charge in [0.1, 0.15) is 11.5 Å². The average molecular weight is 368 g/mol. The van der Waals surface area contributed by atoms with Crippen LogP contribution in [0.3, 0.4) is 0 Å². The molecule has 0 unspecified atom stereocenters. The normalized spacial score (nSPS) is 11.1. The van der Waals surface area contributed by atoms with Crippen molar-refractivity contribution in [1.29, 1.82) is 0 Å². The third-order valence-electron chi connectivity index (χ3n) is 4.66. The van der Waals surface area contributed by atoms with Crippen molar-refractivity contribution in [1.82, 2.24) is 25.1 Å². The van der Waals surface area contributed by atoms with Gasteiger partial charge in [0.25, 0.3) is 5.56 Å². The number of hydrogen-bond acceptors (Lipinski definition) is 5. The summed E-state index contributed by atoms with van der Waals surface area (Å²) in [4.78, 5) is 24.3. The quantitative estimate of drug-likeness (QED) is 0.451. The molecule has 4 aromatic heterocycles. The van der Waals surface area contributed by atoms with Crippen LogP contribution in [0.2, 0.25) is 0 Å². The zero-order valence-electron chi connectivity index (χ0n) is 14.8. The lowest BCUT2D eigenvalue weighted by Crippen LogP contribution is -2.09. The summed E-state index contributed by atoms with van der Waals surface area (Å²) < 4.78 is 0. The van der Waals surface area contributed by atoms with Crippen LogP contribution in [0, 0.1) is 0 Å². The van der Waals surface area contributed by atoms with Crippen LogP contribution >= 0.6 is 0 Å². The lowest BCUT2D eigenvalue weighted by atomic mass is 10.0. The van der Waals surface area contributed by atoms with Gasteiger partial charge in [-0.05, 0) is 30.3 Å². The molecular formula is C21H16N6O. The fourth-order valence-corrected chi connectivity index (χ4v) is 3.33. The Hall–Kier alpha value is -4.00. The second-order valence-electron chi connectivity index (χ2n) is 6.42. The zero-order valence-corrected chi connectivity index (χ0v) is 14.8. The average Bonchev–Trinajstić information content (AvgIpc) is 3.22. The van der Waals surface area contributed by atoms with E-state index >= 15 is 0 Å². The summed E-state index contributed by atoms with van der Waals surface area (Å²) in [6.45, 7) is 0.555. The standard InChI is InChI=1S/C21H16N6O/c28-21-16-7-2-1-6-14(16)19(26-27-21)17-11-18(25-20-15(17)8-10-23-20)24-12-13-5-3-4-9-22-13/h1-11H,12H2,(H,27,28)(H2,23,24,25). The number of aromatic amines is 2. The van der Waals surface area contributed by atoms with E-state index in [9.17, 15) is 4.79 Å². The van der Waals surface area contributed by atoms with Crippen LogP contribution in [-0.4, -0.2) is 25.1 Å². The predicted molar refractivity (Wildman–Crippen MR) is 109 cm³/mol. The number of nitrogens with zero attached hydrogens (tertiary/aromatic N) is 3. The molecule has 1 aromatic carbocycles. The molecule has 0 saturated heterocycles. The van der Waals surface area contributed by atoms with E-state index in [1.807, 2.05) is 54.7 Å². The smallest absolute Gasteiger partial charge is 0.272 e. The van der Waals surface area contributed by atoms with E-state index < -0.39 is 0 Å². The van der Waals surface area contributed by atoms with E-state index in [1.165, 1.54) is 0 Å². The maximum absolute atomic E-state index is 12.1. The molecule has 0 fully saturated rings. The summed E-state index contributed by atoms with van der Waals surface area (Å²) in [5.74, 6) is 0.702. The Morgan fingerprint density at radius 2 is 1.82 bits per heavy atom. The fourth-order valence-electron chi connectivity index (χ4n) is 3.33. The summed E-state index contributed by atoms with van der Waals surface area (Å²) >= 11 is 0. The third kappa shape index (κ3) is 2.79. The first kappa shape index (κ1) is 16.2. The Kier molecular flexibility index (Phi) is 3.83. The van der Waals surface area contributed by atoms with Crippen molar-refractivity contribution < 1.29 is 0 Å². The van der Waals surface area contributed by atoms with Gasteiger partial charge < -0.3 is 10.3 Å². The Balaban J connectivity index is 1.65. The van der Waals surface area contributed by atoms with Crippen LogP contribution in [0.25, 0.3) is 33.1 Å². The minimum Gasteiger partial charge on any atom is -0.364 e. The molecule has 0 aliphatic carbocycles. The Morgan fingerprint density at radius 1 is 0.964 bits per heavy atom. The highest BCUT2D eigenvalue weighted by Crippen LogP contribution is 2.32. The second-order valence-corrected chi connectivity index (χ2v) is 6.42. The molecular weight excluding hydrogens is 352 g/mol. The van der Waals surface area contributed by atoms with Gasteiger partial charge >= 0.3 is 0 Å². The molecule has 4 heterocycles. The Labute approximate surface area is 159 Å². The molecule has 3 N–H and O–H groups in total. The highest BCUT2D eigenvalue weighted by atomic mass is 16.1. The lowest BCUT2D eigenvalue weighted by molar-refractivity contribution is 1.02. The third-order valence-corrected chi connectivity index (χ3v) is 4.66. The van der Waals surface area contributed by atoms with Crippen LogP contribution in [0.1, 0.15) is 5.69 Å². The molecule has 0 saturated carbocycles. The molecule has 0 amide bonds. The minimum atomic E-state index is -0.202. The number of H-pyrrole nitrogens is 2. The molecule has 5 rings (SSSR count). The van der Waals surface area contributed by atoms with Crippen molar-refractivity contribution in [2.45, 2.75) is 6.54 Å². The monoisotopic (exact) mass is 368 g/mol. The van der Waals surface area contributed by atoms with E-state index in [0.717, 1.165) is 27.7 Å². The van der Waals surface area contributed by atoms with E-state index in [4.69, 9.17) is 0 Å². The largest absolute Gasteiger partial charge is 0.364 e. The first-order valence-corrected chi connectivity index (χ1v) is 8.89. The summed E-state index contributed by atoms with van der Waals surface area (Å²) in [5.41, 5.74) is 3.07. The molecule has 0 aliphatic heterocycles. The first-order valence-electron chi connectivity index (χ1n) is 8.89. The van der Waals surface area contributed by atoms with Crippen LogP contribution in [0.5, 0.6) is 0 Å². The summed E-state index contributed by atoms with van der Waals surface area (Å²) in [6, 6.07) is 17.2. The van der Waals surface area contributed by atoms with Gasteiger partial charge in [-0.1, -0.05) is 24.3 Å². The maximum atomic E-state index is 12.1. The minimum absolute atomic E-state index is 0.202. The Bertz CT molecular complexity index is 1340. The van der Waals surface area contributed by atoms with Gasteiger partial charge in [0.2, 0.25) is 0 Å². The van der Waals surface area contributed by atoms with Crippen molar-refractivity contribution in [2.75, 3.05) is 5.32 Å². The molecule has 7 heteroatoms. The van der Waals surface area contributed by atoms with Crippen LogP contribution in [0.15, 0.2) is 71.8 Å². The van der Waals surface area contributed by atoms with Crippen molar-refractivity contribution >= 4 is 27.6 Å². The predicted octanol–water partition coefficient (Wildman–Crippen LogP) is 3.47. The lowest BCUT2D eigenvalue weighted by Gasteiger charge is -2.10. The van der Waals surface area contributed by atoms with Gasteiger partial charge in [-0.3, -0.25) is 9.78 Å². The number of hydrogen-bond donors (Lipinski definition) is 3. The van der Waals surface area contributed by atoms with Gasteiger partial charge in [-0.25, -0.2) is 10.1 Å². The number of aromatic nitrogens is 5. The van der Waals surface area contributed by atoms with Crippen LogP contribution in [-0.2, 0) is 6.54 Å². The van der Waals surface area contributed by atoms with Gasteiger partial charge in [-0.15, -0.1) is 0 Å². The number of pyridine rings is 2. The van der Waals surface area contributed by atoms with E-state index in [-0.39, 0.29) is 5.56 Å². The van der Waals surface area contributed by atoms with Crippen molar-refractivity contribution in [2.24, 2.45) is 0 Å². The molecule has 0 bridgehead atoms. The molecule has 0 radical (unpaired) electrons.